The summed E-state index contributed by atoms with van der Waals surface area (Å²) in [6.45, 7) is 2.51. The van der Waals surface area contributed by atoms with Crippen LogP contribution in [0.2, 0.25) is 0 Å². The molecule has 4 rings (SSSR count). The van der Waals surface area contributed by atoms with Crippen molar-refractivity contribution < 1.29 is 27.4 Å². The summed E-state index contributed by atoms with van der Waals surface area (Å²) in [6.07, 6.45) is -1.97. The number of nitrogens with two attached hydrogens (primary N) is 1. The van der Waals surface area contributed by atoms with Gasteiger partial charge in [0.05, 0.1) is 36.9 Å². The first-order valence-electron chi connectivity index (χ1n) is 9.63. The van der Waals surface area contributed by atoms with Gasteiger partial charge in [-0.05, 0) is 37.6 Å². The van der Waals surface area contributed by atoms with E-state index in [-0.39, 0.29) is 11.9 Å². The van der Waals surface area contributed by atoms with E-state index in [4.69, 9.17) is 20.3 Å². The van der Waals surface area contributed by atoms with E-state index in [9.17, 15) is 13.2 Å². The van der Waals surface area contributed by atoms with Crippen LogP contribution in [0.3, 0.4) is 0 Å². The average Bonchev–Trinajstić information content (AvgIpc) is 2.94. The molecule has 1 aliphatic heterocycles. The minimum absolute atomic E-state index is 0.0381. The molecule has 164 valence electrons. The molecule has 1 aliphatic rings. The maximum absolute atomic E-state index is 12.7. The Labute approximate surface area is 176 Å². The number of benzene rings is 1. The van der Waals surface area contributed by atoms with Gasteiger partial charge < -0.3 is 19.9 Å². The summed E-state index contributed by atoms with van der Waals surface area (Å²) in [5.41, 5.74) is 9.71. The SMILES string of the molecule is COc1cc(-n2nc(-c3ccc(N)nc3)c3c2C[C@@H](C)OCC3)ccc1OC(F)(F)F. The number of anilines is 1. The Morgan fingerprint density at radius 1 is 1.19 bits per heavy atom. The van der Waals surface area contributed by atoms with Crippen LogP contribution < -0.4 is 15.2 Å². The van der Waals surface area contributed by atoms with Gasteiger partial charge in [0.15, 0.2) is 11.5 Å². The monoisotopic (exact) mass is 434 g/mol. The Morgan fingerprint density at radius 3 is 2.68 bits per heavy atom. The molecule has 7 nitrogen and oxygen atoms in total. The summed E-state index contributed by atoms with van der Waals surface area (Å²) >= 11 is 0. The minimum Gasteiger partial charge on any atom is -0.493 e. The van der Waals surface area contributed by atoms with E-state index in [1.54, 1.807) is 16.9 Å². The fourth-order valence-electron chi connectivity index (χ4n) is 3.64. The van der Waals surface area contributed by atoms with Gasteiger partial charge in [0, 0.05) is 29.8 Å². The fourth-order valence-corrected chi connectivity index (χ4v) is 3.64. The van der Waals surface area contributed by atoms with Crippen LogP contribution in [0.1, 0.15) is 18.2 Å². The maximum Gasteiger partial charge on any atom is 0.573 e. The number of nitrogens with zero attached hydrogens (tertiary/aromatic N) is 3. The summed E-state index contributed by atoms with van der Waals surface area (Å²) in [4.78, 5) is 4.15. The van der Waals surface area contributed by atoms with Crippen LogP contribution in [0, 0.1) is 0 Å². The van der Waals surface area contributed by atoms with Crippen molar-refractivity contribution in [3.63, 3.8) is 0 Å². The topological polar surface area (TPSA) is 84.4 Å². The van der Waals surface area contributed by atoms with Gasteiger partial charge in [0.2, 0.25) is 0 Å². The Hall–Kier alpha value is -3.27. The van der Waals surface area contributed by atoms with Crippen LogP contribution in [-0.2, 0) is 17.6 Å². The number of ether oxygens (including phenoxy) is 3. The van der Waals surface area contributed by atoms with Gasteiger partial charge in [-0.2, -0.15) is 5.10 Å². The molecule has 1 aromatic carbocycles. The third-order valence-corrected chi connectivity index (χ3v) is 5.00. The first kappa shape index (κ1) is 21.0. The average molecular weight is 434 g/mol. The first-order chi connectivity index (χ1) is 14.7. The lowest BCUT2D eigenvalue weighted by molar-refractivity contribution is -0.275. The number of nitrogen functional groups attached to an aromatic ring is 1. The van der Waals surface area contributed by atoms with E-state index < -0.39 is 12.1 Å². The van der Waals surface area contributed by atoms with Crippen molar-refractivity contribution in [3.05, 3.63) is 47.8 Å². The zero-order valence-corrected chi connectivity index (χ0v) is 16.9. The van der Waals surface area contributed by atoms with Crippen LogP contribution in [0.25, 0.3) is 16.9 Å². The summed E-state index contributed by atoms with van der Waals surface area (Å²) in [5, 5.41) is 4.78. The first-order valence-corrected chi connectivity index (χ1v) is 9.63. The molecule has 0 radical (unpaired) electrons. The lowest BCUT2D eigenvalue weighted by Gasteiger charge is -2.15. The maximum atomic E-state index is 12.7. The van der Waals surface area contributed by atoms with Crippen molar-refractivity contribution in [1.29, 1.82) is 0 Å². The highest BCUT2D eigenvalue weighted by molar-refractivity contribution is 5.66. The van der Waals surface area contributed by atoms with Crippen LogP contribution in [0.5, 0.6) is 11.5 Å². The fraction of sp³-hybridized carbons (Fsp3) is 0.333. The summed E-state index contributed by atoms with van der Waals surface area (Å²) in [7, 11) is 1.29. The van der Waals surface area contributed by atoms with Crippen molar-refractivity contribution in [2.24, 2.45) is 0 Å². The third kappa shape index (κ3) is 4.43. The number of aromatic nitrogens is 3. The molecule has 0 saturated heterocycles. The molecule has 0 aliphatic carbocycles. The van der Waals surface area contributed by atoms with Crippen LogP contribution >= 0.6 is 0 Å². The van der Waals surface area contributed by atoms with E-state index in [0.717, 1.165) is 22.5 Å². The molecule has 10 heteroatoms. The van der Waals surface area contributed by atoms with Crippen LogP contribution in [-0.4, -0.2) is 40.9 Å². The Morgan fingerprint density at radius 2 is 2.00 bits per heavy atom. The van der Waals surface area contributed by atoms with Crippen molar-refractivity contribution in [1.82, 2.24) is 14.8 Å². The van der Waals surface area contributed by atoms with Gasteiger partial charge in [0.1, 0.15) is 5.82 Å². The van der Waals surface area contributed by atoms with Crippen molar-refractivity contribution >= 4 is 5.82 Å². The third-order valence-electron chi connectivity index (χ3n) is 5.00. The number of rotatable bonds is 4. The predicted molar refractivity (Wildman–Crippen MR) is 107 cm³/mol. The molecule has 0 unspecified atom stereocenters. The quantitative estimate of drug-likeness (QED) is 0.670. The number of alkyl halides is 3. The van der Waals surface area contributed by atoms with Crippen molar-refractivity contribution in [3.8, 4) is 28.4 Å². The number of hydrogen-bond donors (Lipinski definition) is 1. The smallest absolute Gasteiger partial charge is 0.493 e. The molecular weight excluding hydrogens is 413 g/mol. The molecule has 2 aromatic heterocycles. The molecular formula is C21H21F3N4O3. The van der Waals surface area contributed by atoms with Gasteiger partial charge in [-0.25, -0.2) is 9.67 Å². The molecule has 0 bridgehead atoms. The van der Waals surface area contributed by atoms with Gasteiger partial charge in [-0.1, -0.05) is 0 Å². The zero-order chi connectivity index (χ0) is 22.2. The van der Waals surface area contributed by atoms with Gasteiger partial charge in [0.25, 0.3) is 0 Å². The van der Waals surface area contributed by atoms with E-state index >= 15 is 0 Å². The molecule has 31 heavy (non-hydrogen) atoms. The largest absolute Gasteiger partial charge is 0.573 e. The Bertz CT molecular complexity index is 1080. The standard InChI is InChI=1S/C21H21F3N4O3/c1-12-9-16-15(7-8-30-12)20(13-3-6-19(25)26-11-13)27-28(16)14-4-5-17(18(10-14)29-2)31-21(22,23)24/h3-6,10-12H,7-9H2,1-2H3,(H2,25,26)/t12-/m1/s1. The normalized spacial score (nSPS) is 16.5. The van der Waals surface area contributed by atoms with Gasteiger partial charge >= 0.3 is 6.36 Å². The summed E-state index contributed by atoms with van der Waals surface area (Å²) in [6, 6.07) is 7.74. The molecule has 0 amide bonds. The van der Waals surface area contributed by atoms with Crippen LogP contribution in [0.4, 0.5) is 19.0 Å². The molecule has 3 heterocycles. The number of methoxy groups -OCH3 is 1. The van der Waals surface area contributed by atoms with Gasteiger partial charge in [-0.3, -0.25) is 0 Å². The number of hydrogen-bond acceptors (Lipinski definition) is 6. The highest BCUT2D eigenvalue weighted by Gasteiger charge is 2.33. The predicted octanol–water partition coefficient (Wildman–Crippen LogP) is 3.93. The van der Waals surface area contributed by atoms with Crippen molar-refractivity contribution in [2.45, 2.75) is 32.2 Å². The van der Waals surface area contributed by atoms with E-state index in [0.29, 0.717) is 31.0 Å². The minimum atomic E-state index is -4.82. The molecule has 0 saturated carbocycles. The number of halogens is 3. The van der Waals surface area contributed by atoms with Crippen molar-refractivity contribution in [2.75, 3.05) is 19.5 Å². The number of pyridine rings is 1. The van der Waals surface area contributed by atoms with E-state index in [1.165, 1.54) is 25.3 Å². The molecule has 3 aromatic rings. The molecule has 0 fully saturated rings. The highest BCUT2D eigenvalue weighted by atomic mass is 19.4. The molecule has 0 spiro atoms. The molecule has 1 atom stereocenters. The summed E-state index contributed by atoms with van der Waals surface area (Å²) < 4.78 is 54.8. The second kappa shape index (κ2) is 8.10. The second-order valence-corrected chi connectivity index (χ2v) is 7.18. The lowest BCUT2D eigenvalue weighted by Crippen LogP contribution is -2.18. The lowest BCUT2D eigenvalue weighted by atomic mass is 10.0. The second-order valence-electron chi connectivity index (χ2n) is 7.18. The Balaban J connectivity index is 1.84. The number of fused-ring (bicyclic) bond motifs is 1. The van der Waals surface area contributed by atoms with Gasteiger partial charge in [-0.15, -0.1) is 13.2 Å². The van der Waals surface area contributed by atoms with Crippen LogP contribution in [0.15, 0.2) is 36.5 Å². The van der Waals surface area contributed by atoms with E-state index in [1.807, 2.05) is 13.0 Å². The summed E-state index contributed by atoms with van der Waals surface area (Å²) in [5.74, 6) is -0.0689. The molecule has 2 N–H and O–H groups in total. The highest BCUT2D eigenvalue weighted by Crippen LogP contribution is 2.36. The Kier molecular flexibility index (Phi) is 5.48. The zero-order valence-electron chi connectivity index (χ0n) is 16.9. The van der Waals surface area contributed by atoms with E-state index in [2.05, 4.69) is 9.72 Å².